The summed E-state index contributed by atoms with van der Waals surface area (Å²) in [5.41, 5.74) is 0. The maximum atomic E-state index is 11.9. The van der Waals surface area contributed by atoms with Crippen LogP contribution in [-0.4, -0.2) is 35.3 Å². The van der Waals surface area contributed by atoms with Gasteiger partial charge in [-0.3, -0.25) is 9.59 Å². The van der Waals surface area contributed by atoms with Crippen molar-refractivity contribution in [2.45, 2.75) is 52.6 Å². The molecule has 92 valence electrons. The summed E-state index contributed by atoms with van der Waals surface area (Å²) in [5, 5.41) is 2.67. The highest BCUT2D eigenvalue weighted by Gasteiger charge is 2.39. The highest BCUT2D eigenvalue weighted by molar-refractivity contribution is 5.95. The fraction of sp³-hybridized carbons (Fsp3) is 0.833. The standard InChI is InChI=1S/C12H22N2O2/c1-5-9(6-2)14-10(15)7-13-12(16)11(14)8(3)4/h8-9,11H,5-7H2,1-4H3,(H,13,16). The number of carbonyl (C=O) groups is 2. The molecule has 0 bridgehead atoms. The lowest BCUT2D eigenvalue weighted by Gasteiger charge is -2.41. The van der Waals surface area contributed by atoms with E-state index in [0.717, 1.165) is 12.8 Å². The second-order valence-electron chi connectivity index (χ2n) is 4.68. The maximum Gasteiger partial charge on any atom is 0.243 e. The smallest absolute Gasteiger partial charge is 0.243 e. The van der Waals surface area contributed by atoms with Gasteiger partial charge in [-0.1, -0.05) is 27.7 Å². The second kappa shape index (κ2) is 5.32. The molecule has 1 rings (SSSR count). The lowest BCUT2D eigenvalue weighted by Crippen LogP contribution is -2.63. The van der Waals surface area contributed by atoms with Gasteiger partial charge in [0.05, 0.1) is 6.54 Å². The molecule has 0 aromatic carbocycles. The topological polar surface area (TPSA) is 49.4 Å². The van der Waals surface area contributed by atoms with E-state index in [-0.39, 0.29) is 36.4 Å². The van der Waals surface area contributed by atoms with Gasteiger partial charge in [0.15, 0.2) is 0 Å². The van der Waals surface area contributed by atoms with Crippen LogP contribution in [0.5, 0.6) is 0 Å². The summed E-state index contributed by atoms with van der Waals surface area (Å²) in [4.78, 5) is 25.5. The molecule has 4 heteroatoms. The molecule has 1 atom stereocenters. The molecule has 0 radical (unpaired) electrons. The number of rotatable bonds is 4. The summed E-state index contributed by atoms with van der Waals surface area (Å²) in [6.07, 6.45) is 1.80. The molecule has 1 N–H and O–H groups in total. The molecule has 0 aliphatic carbocycles. The highest BCUT2D eigenvalue weighted by Crippen LogP contribution is 2.21. The maximum absolute atomic E-state index is 11.9. The van der Waals surface area contributed by atoms with E-state index < -0.39 is 0 Å². The van der Waals surface area contributed by atoms with Crippen molar-refractivity contribution in [2.75, 3.05) is 6.54 Å². The molecule has 4 nitrogen and oxygen atoms in total. The molecule has 0 aromatic rings. The predicted octanol–water partition coefficient (Wildman–Crippen LogP) is 1.16. The van der Waals surface area contributed by atoms with E-state index >= 15 is 0 Å². The molecule has 0 spiro atoms. The third-order valence-corrected chi connectivity index (χ3v) is 3.24. The SMILES string of the molecule is CCC(CC)N1C(=O)CNC(=O)C1C(C)C. The van der Waals surface area contributed by atoms with Crippen LogP contribution in [0.2, 0.25) is 0 Å². The summed E-state index contributed by atoms with van der Waals surface area (Å²) in [6.45, 7) is 8.24. The predicted molar refractivity (Wildman–Crippen MR) is 62.9 cm³/mol. The zero-order valence-corrected chi connectivity index (χ0v) is 10.6. The molecule has 1 saturated heterocycles. The van der Waals surface area contributed by atoms with Crippen molar-refractivity contribution >= 4 is 11.8 Å². The van der Waals surface area contributed by atoms with Gasteiger partial charge in [0.2, 0.25) is 11.8 Å². The zero-order valence-electron chi connectivity index (χ0n) is 10.6. The van der Waals surface area contributed by atoms with Crippen LogP contribution in [-0.2, 0) is 9.59 Å². The molecule has 1 heterocycles. The first-order valence-electron chi connectivity index (χ1n) is 6.11. The van der Waals surface area contributed by atoms with Crippen LogP contribution < -0.4 is 5.32 Å². The van der Waals surface area contributed by atoms with Crippen molar-refractivity contribution < 1.29 is 9.59 Å². The Morgan fingerprint density at radius 3 is 2.31 bits per heavy atom. The van der Waals surface area contributed by atoms with E-state index in [9.17, 15) is 9.59 Å². The number of carbonyl (C=O) groups excluding carboxylic acids is 2. The summed E-state index contributed by atoms with van der Waals surface area (Å²) in [7, 11) is 0. The number of hydrogen-bond acceptors (Lipinski definition) is 2. The molecule has 16 heavy (non-hydrogen) atoms. The fourth-order valence-electron chi connectivity index (χ4n) is 2.38. The van der Waals surface area contributed by atoms with Crippen LogP contribution in [0.25, 0.3) is 0 Å². The quantitative estimate of drug-likeness (QED) is 0.782. The Labute approximate surface area is 97.4 Å². The second-order valence-corrected chi connectivity index (χ2v) is 4.68. The molecular formula is C12H22N2O2. The van der Waals surface area contributed by atoms with Gasteiger partial charge in [-0.05, 0) is 18.8 Å². The van der Waals surface area contributed by atoms with Gasteiger partial charge in [-0.25, -0.2) is 0 Å². The van der Waals surface area contributed by atoms with Crippen LogP contribution in [0.4, 0.5) is 0 Å². The minimum absolute atomic E-state index is 0.0125. The van der Waals surface area contributed by atoms with Crippen molar-refractivity contribution in [3.05, 3.63) is 0 Å². The minimum Gasteiger partial charge on any atom is -0.345 e. The normalized spacial score (nSPS) is 21.9. The first-order chi connectivity index (χ1) is 7.52. The van der Waals surface area contributed by atoms with Crippen LogP contribution in [0.15, 0.2) is 0 Å². The number of piperazine rings is 1. The van der Waals surface area contributed by atoms with Gasteiger partial charge >= 0.3 is 0 Å². The van der Waals surface area contributed by atoms with Gasteiger partial charge in [-0.2, -0.15) is 0 Å². The number of nitrogens with one attached hydrogen (secondary N) is 1. The molecule has 0 saturated carbocycles. The van der Waals surface area contributed by atoms with Gasteiger partial charge in [0.1, 0.15) is 6.04 Å². The largest absolute Gasteiger partial charge is 0.345 e. The highest BCUT2D eigenvalue weighted by atomic mass is 16.2. The van der Waals surface area contributed by atoms with Crippen LogP contribution in [0.3, 0.4) is 0 Å². The van der Waals surface area contributed by atoms with Crippen LogP contribution in [0, 0.1) is 5.92 Å². The third kappa shape index (κ3) is 2.36. The Morgan fingerprint density at radius 1 is 1.31 bits per heavy atom. The van der Waals surface area contributed by atoms with E-state index in [1.807, 2.05) is 13.8 Å². The summed E-state index contributed by atoms with van der Waals surface area (Å²) in [5.74, 6) is 0.193. The Balaban J connectivity index is 2.96. The van der Waals surface area contributed by atoms with Crippen LogP contribution >= 0.6 is 0 Å². The van der Waals surface area contributed by atoms with Crippen molar-refractivity contribution in [1.82, 2.24) is 10.2 Å². The Kier molecular flexibility index (Phi) is 4.33. The number of nitrogens with zero attached hydrogens (tertiary/aromatic N) is 1. The summed E-state index contributed by atoms with van der Waals surface area (Å²) < 4.78 is 0. The van der Waals surface area contributed by atoms with Crippen molar-refractivity contribution in [1.29, 1.82) is 0 Å². The number of hydrogen-bond donors (Lipinski definition) is 1. The van der Waals surface area contributed by atoms with Crippen molar-refractivity contribution in [2.24, 2.45) is 5.92 Å². The van der Waals surface area contributed by atoms with Crippen molar-refractivity contribution in [3.8, 4) is 0 Å². The molecular weight excluding hydrogens is 204 g/mol. The van der Waals surface area contributed by atoms with E-state index in [1.54, 1.807) is 4.90 Å². The lowest BCUT2D eigenvalue weighted by atomic mass is 9.96. The summed E-state index contributed by atoms with van der Waals surface area (Å²) in [6, 6.07) is -0.114. The van der Waals surface area contributed by atoms with Gasteiger partial charge < -0.3 is 10.2 Å². The Hall–Kier alpha value is -1.06. The van der Waals surface area contributed by atoms with E-state index in [0.29, 0.717) is 0 Å². The third-order valence-electron chi connectivity index (χ3n) is 3.24. The molecule has 1 aliphatic heterocycles. The van der Waals surface area contributed by atoms with Gasteiger partial charge in [0.25, 0.3) is 0 Å². The first-order valence-corrected chi connectivity index (χ1v) is 6.11. The number of amides is 2. The molecule has 1 unspecified atom stereocenters. The van der Waals surface area contributed by atoms with E-state index in [4.69, 9.17) is 0 Å². The van der Waals surface area contributed by atoms with E-state index in [1.165, 1.54) is 0 Å². The molecule has 1 aliphatic rings. The Morgan fingerprint density at radius 2 is 1.88 bits per heavy atom. The minimum atomic E-state index is -0.300. The van der Waals surface area contributed by atoms with Gasteiger partial charge in [0, 0.05) is 6.04 Å². The Bertz CT molecular complexity index is 272. The first kappa shape index (κ1) is 13.0. The molecule has 1 fully saturated rings. The fourth-order valence-corrected chi connectivity index (χ4v) is 2.38. The molecule has 0 aromatic heterocycles. The summed E-state index contributed by atoms with van der Waals surface area (Å²) >= 11 is 0. The van der Waals surface area contributed by atoms with Crippen molar-refractivity contribution in [3.63, 3.8) is 0 Å². The lowest BCUT2D eigenvalue weighted by molar-refractivity contribution is -0.150. The zero-order chi connectivity index (χ0) is 12.3. The average Bonchev–Trinajstić information content (AvgIpc) is 2.24. The van der Waals surface area contributed by atoms with Crippen LogP contribution in [0.1, 0.15) is 40.5 Å². The molecule has 2 amide bonds. The monoisotopic (exact) mass is 226 g/mol. The van der Waals surface area contributed by atoms with E-state index in [2.05, 4.69) is 19.2 Å². The average molecular weight is 226 g/mol. The van der Waals surface area contributed by atoms with Gasteiger partial charge in [-0.15, -0.1) is 0 Å².